The molecule has 1 saturated heterocycles. The quantitative estimate of drug-likeness (QED) is 0.540. The number of carbonyl (C=O) groups is 1. The zero-order valence-electron chi connectivity index (χ0n) is 17.3. The second-order valence-corrected chi connectivity index (χ2v) is 12.0. The van der Waals surface area contributed by atoms with Gasteiger partial charge in [0.25, 0.3) is 0 Å². The van der Waals surface area contributed by atoms with Crippen molar-refractivity contribution in [2.45, 2.75) is 30.2 Å². The van der Waals surface area contributed by atoms with Crippen LogP contribution in [0.15, 0.2) is 58.1 Å². The maximum Gasteiger partial charge on any atom is 0.245 e. The normalized spacial score (nSPS) is 20.3. The Morgan fingerprint density at radius 2 is 1.75 bits per heavy atom. The number of hydrogen-bond acceptors (Lipinski definition) is 5. The Bertz CT molecular complexity index is 1210. The summed E-state index contributed by atoms with van der Waals surface area (Å²) in [5.41, 5.74) is 1.21. The molecule has 5 nitrogen and oxygen atoms in total. The van der Waals surface area contributed by atoms with Gasteiger partial charge in [-0.3, -0.25) is 4.79 Å². The lowest BCUT2D eigenvalue weighted by molar-refractivity contribution is -0.138. The second-order valence-electron chi connectivity index (χ2n) is 8.11. The Morgan fingerprint density at radius 1 is 0.969 bits per heavy atom. The maximum absolute atomic E-state index is 14.1. The molecule has 0 aliphatic carbocycles. The van der Waals surface area contributed by atoms with Crippen molar-refractivity contribution in [2.75, 3.05) is 19.6 Å². The number of nitrogens with zero attached hydrogens (tertiary/aromatic N) is 2. The van der Waals surface area contributed by atoms with Gasteiger partial charge in [0.15, 0.2) is 0 Å². The first-order chi connectivity index (χ1) is 15.5. The average Bonchev–Trinajstić information content (AvgIpc) is 3.50. The van der Waals surface area contributed by atoms with Gasteiger partial charge in [0.05, 0.1) is 6.04 Å². The van der Waals surface area contributed by atoms with E-state index in [2.05, 4.69) is 17.5 Å². The number of benzene rings is 1. The fraction of sp³-hybridized carbons (Fsp3) is 0.348. The minimum Gasteiger partial charge on any atom is -0.330 e. The van der Waals surface area contributed by atoms with E-state index in [1.54, 1.807) is 22.7 Å². The largest absolute Gasteiger partial charge is 0.330 e. The fourth-order valence-corrected chi connectivity index (χ4v) is 7.97. The molecule has 0 bridgehead atoms. The molecule has 1 atom stereocenters. The molecule has 0 radical (unpaired) electrons. The third-order valence-electron chi connectivity index (χ3n) is 6.32. The molecule has 32 heavy (non-hydrogen) atoms. The molecular weight excluding hydrogens is 467 g/mol. The number of sulfonamides is 1. The molecule has 3 aromatic rings. The molecule has 4 heterocycles. The van der Waals surface area contributed by atoms with Crippen LogP contribution in [0.1, 0.15) is 34.2 Å². The first kappa shape index (κ1) is 21.8. The van der Waals surface area contributed by atoms with Crippen LogP contribution in [0.3, 0.4) is 0 Å². The van der Waals surface area contributed by atoms with Gasteiger partial charge in [0.2, 0.25) is 15.9 Å². The first-order valence-corrected chi connectivity index (χ1v) is 13.8. The Kier molecular flexibility index (Phi) is 5.92. The number of carbonyl (C=O) groups excluding carboxylic acids is 1. The number of halogens is 1. The minimum absolute atomic E-state index is 0.0716. The smallest absolute Gasteiger partial charge is 0.245 e. The van der Waals surface area contributed by atoms with E-state index in [9.17, 15) is 17.6 Å². The Labute approximate surface area is 195 Å². The van der Waals surface area contributed by atoms with Crippen LogP contribution in [0.4, 0.5) is 4.39 Å². The van der Waals surface area contributed by atoms with Crippen LogP contribution in [-0.4, -0.2) is 43.2 Å². The summed E-state index contributed by atoms with van der Waals surface area (Å²) in [6.07, 6.45) is 1.73. The second kappa shape index (κ2) is 8.70. The molecule has 1 aromatic carbocycles. The lowest BCUT2D eigenvalue weighted by atomic mass is 9.92. The number of fused-ring (bicyclic) bond motifs is 1. The molecule has 1 amide bonds. The predicted octanol–water partition coefficient (Wildman–Crippen LogP) is 4.52. The van der Waals surface area contributed by atoms with Crippen molar-refractivity contribution in [1.82, 2.24) is 9.21 Å². The van der Waals surface area contributed by atoms with Crippen molar-refractivity contribution >= 4 is 38.6 Å². The van der Waals surface area contributed by atoms with Crippen LogP contribution in [0.5, 0.6) is 0 Å². The van der Waals surface area contributed by atoms with E-state index >= 15 is 0 Å². The van der Waals surface area contributed by atoms with E-state index < -0.39 is 15.8 Å². The molecule has 9 heteroatoms. The molecule has 2 aliphatic rings. The summed E-state index contributed by atoms with van der Waals surface area (Å²) in [4.78, 5) is 17.7. The first-order valence-electron chi connectivity index (χ1n) is 10.6. The molecule has 0 N–H and O–H groups in total. The summed E-state index contributed by atoms with van der Waals surface area (Å²) in [6.45, 7) is 1.10. The minimum atomic E-state index is -3.91. The Morgan fingerprint density at radius 3 is 2.47 bits per heavy atom. The van der Waals surface area contributed by atoms with E-state index in [4.69, 9.17) is 0 Å². The molecule has 2 aliphatic heterocycles. The predicted molar refractivity (Wildman–Crippen MR) is 124 cm³/mol. The van der Waals surface area contributed by atoms with E-state index in [1.807, 2.05) is 16.3 Å². The van der Waals surface area contributed by atoms with E-state index in [0.717, 1.165) is 17.4 Å². The van der Waals surface area contributed by atoms with Crippen molar-refractivity contribution in [3.05, 3.63) is 74.4 Å². The van der Waals surface area contributed by atoms with Gasteiger partial charge < -0.3 is 4.90 Å². The summed E-state index contributed by atoms with van der Waals surface area (Å²) in [6, 6.07) is 11.6. The van der Waals surface area contributed by atoms with Crippen molar-refractivity contribution in [3.63, 3.8) is 0 Å². The van der Waals surface area contributed by atoms with Crippen LogP contribution in [0.25, 0.3) is 0 Å². The van der Waals surface area contributed by atoms with Gasteiger partial charge in [0, 0.05) is 35.3 Å². The highest BCUT2D eigenvalue weighted by Crippen LogP contribution is 2.41. The lowest BCUT2D eigenvalue weighted by Gasteiger charge is -2.39. The third-order valence-corrected chi connectivity index (χ3v) is 10.2. The van der Waals surface area contributed by atoms with Crippen LogP contribution < -0.4 is 0 Å². The number of thiophene rings is 2. The number of hydrogen-bond donors (Lipinski definition) is 0. The molecule has 168 valence electrons. The van der Waals surface area contributed by atoms with E-state index in [0.29, 0.717) is 19.4 Å². The van der Waals surface area contributed by atoms with Crippen molar-refractivity contribution in [3.8, 4) is 0 Å². The van der Waals surface area contributed by atoms with Gasteiger partial charge in [-0.05, 0) is 59.9 Å². The van der Waals surface area contributed by atoms with E-state index in [-0.39, 0.29) is 35.9 Å². The molecule has 0 saturated carbocycles. The molecule has 1 unspecified atom stereocenters. The van der Waals surface area contributed by atoms with Gasteiger partial charge in [-0.25, -0.2) is 12.8 Å². The van der Waals surface area contributed by atoms with Gasteiger partial charge in [-0.15, -0.1) is 22.7 Å². The van der Waals surface area contributed by atoms with Crippen molar-refractivity contribution in [1.29, 1.82) is 0 Å². The molecule has 2 aromatic heterocycles. The standard InChI is InChI=1S/C23H23FN2O3S3/c24-18-4-1-2-6-21(18)32(28,29)25-11-7-16(8-12-25)23(27)26-13-9-19-17(10-15-31-19)22(26)20-5-3-14-30-20/h1-6,10,14-16,22H,7-9,11-13H2. The highest BCUT2D eigenvalue weighted by atomic mass is 32.2. The lowest BCUT2D eigenvalue weighted by Crippen LogP contribution is -2.47. The molecule has 5 rings (SSSR count). The van der Waals surface area contributed by atoms with Crippen LogP contribution >= 0.6 is 22.7 Å². The van der Waals surface area contributed by atoms with Crippen LogP contribution in [0, 0.1) is 11.7 Å². The van der Waals surface area contributed by atoms with Gasteiger partial charge in [-0.2, -0.15) is 4.31 Å². The van der Waals surface area contributed by atoms with Gasteiger partial charge >= 0.3 is 0 Å². The molecule has 1 fully saturated rings. The number of rotatable bonds is 4. The summed E-state index contributed by atoms with van der Waals surface area (Å²) in [5.74, 6) is -0.891. The van der Waals surface area contributed by atoms with Crippen molar-refractivity contribution in [2.24, 2.45) is 5.92 Å². The molecule has 0 spiro atoms. The average molecular weight is 491 g/mol. The maximum atomic E-state index is 14.1. The summed E-state index contributed by atoms with van der Waals surface area (Å²) in [7, 11) is -3.91. The fourth-order valence-electron chi connectivity index (χ4n) is 4.68. The van der Waals surface area contributed by atoms with Gasteiger partial charge in [0.1, 0.15) is 10.7 Å². The Balaban J connectivity index is 1.33. The number of piperidine rings is 1. The highest BCUT2D eigenvalue weighted by Gasteiger charge is 2.39. The van der Waals surface area contributed by atoms with E-state index in [1.165, 1.54) is 32.9 Å². The highest BCUT2D eigenvalue weighted by molar-refractivity contribution is 7.89. The topological polar surface area (TPSA) is 57.7 Å². The van der Waals surface area contributed by atoms with Crippen LogP contribution in [-0.2, 0) is 21.2 Å². The van der Waals surface area contributed by atoms with Crippen LogP contribution in [0.2, 0.25) is 0 Å². The molecular formula is C23H23FN2O3S3. The zero-order valence-corrected chi connectivity index (χ0v) is 19.8. The summed E-state index contributed by atoms with van der Waals surface area (Å²) >= 11 is 3.40. The summed E-state index contributed by atoms with van der Waals surface area (Å²) in [5, 5.41) is 4.12. The zero-order chi connectivity index (χ0) is 22.3. The SMILES string of the molecule is O=C(C1CCN(S(=O)(=O)c2ccccc2F)CC1)N1CCc2sccc2C1c1cccs1. The third kappa shape index (κ3) is 3.81. The Hall–Kier alpha value is -2.07. The van der Waals surface area contributed by atoms with Gasteiger partial charge in [-0.1, -0.05) is 18.2 Å². The summed E-state index contributed by atoms with van der Waals surface area (Å²) < 4.78 is 41.2. The van der Waals surface area contributed by atoms with Crippen molar-refractivity contribution < 1.29 is 17.6 Å². The monoisotopic (exact) mass is 490 g/mol. The number of amides is 1.